The van der Waals surface area contributed by atoms with E-state index in [4.69, 9.17) is 55.7 Å². The SMILES string of the molecule is CC(C)(C)OC(=O)NCC1CCC(CNc2cc(NCc3ccccc3Cl)ncc2C#N)CC1.CC(C)(C)OC(=O)NCC1CCC(CNc2cc(NCc3ccccc3Cl)ncc2C(N)=O)CC1.N#Cc1cnc(NCc2ccccc2Cl)cc1NCC1CCC(CN)CC1. The van der Waals surface area contributed by atoms with Crippen LogP contribution in [0.25, 0.3) is 0 Å². The van der Waals surface area contributed by atoms with Gasteiger partial charge < -0.3 is 63.5 Å². The number of nitriles is 2. The van der Waals surface area contributed by atoms with E-state index in [1.54, 1.807) is 12.4 Å². The van der Waals surface area contributed by atoms with Gasteiger partial charge in [0, 0.05) is 104 Å². The summed E-state index contributed by atoms with van der Waals surface area (Å²) in [4.78, 5) is 48.7. The van der Waals surface area contributed by atoms with Crippen LogP contribution in [0.3, 0.4) is 0 Å². The van der Waals surface area contributed by atoms with Gasteiger partial charge in [-0.15, -0.1) is 0 Å². The Morgan fingerprint density at radius 1 is 0.469 bits per heavy atom. The lowest BCUT2D eigenvalue weighted by Crippen LogP contribution is -2.36. The third kappa shape index (κ3) is 26.0. The fourth-order valence-corrected chi connectivity index (χ4v) is 12.4. The molecule has 0 atom stereocenters. The third-order valence-electron chi connectivity index (χ3n) is 17.3. The molecule has 0 unspecified atom stereocenters. The molecule has 0 bridgehead atoms. The normalized spacial score (nSPS) is 18.3. The van der Waals surface area contributed by atoms with Crippen molar-refractivity contribution in [2.45, 2.75) is 149 Å². The van der Waals surface area contributed by atoms with Gasteiger partial charge in [-0.1, -0.05) is 89.4 Å². The van der Waals surface area contributed by atoms with Gasteiger partial charge in [-0.25, -0.2) is 24.5 Å². The van der Waals surface area contributed by atoms with E-state index in [9.17, 15) is 24.9 Å². The van der Waals surface area contributed by atoms with E-state index >= 15 is 0 Å². The number of halogens is 3. The van der Waals surface area contributed by atoms with E-state index in [2.05, 4.69) is 69.6 Å². The Kier molecular flexibility index (Phi) is 29.6. The Hall–Kier alpha value is -8.27. The van der Waals surface area contributed by atoms with Crippen molar-refractivity contribution in [3.63, 3.8) is 0 Å². The van der Waals surface area contributed by atoms with Crippen LogP contribution in [0.5, 0.6) is 0 Å². The number of nitrogens with one attached hydrogen (secondary N) is 8. The van der Waals surface area contributed by atoms with Gasteiger partial charge in [0.25, 0.3) is 5.91 Å². The number of hydrogen-bond donors (Lipinski definition) is 10. The second kappa shape index (κ2) is 37.9. The number of carbonyl (C=O) groups is 3. The van der Waals surface area contributed by atoms with Crippen LogP contribution in [0.4, 0.5) is 44.1 Å². The van der Waals surface area contributed by atoms with Crippen molar-refractivity contribution in [2.24, 2.45) is 47.0 Å². The van der Waals surface area contributed by atoms with Gasteiger partial charge in [-0.2, -0.15) is 10.5 Å². The molecule has 96 heavy (non-hydrogen) atoms. The summed E-state index contributed by atoms with van der Waals surface area (Å²) in [6, 6.07) is 33.1. The number of pyridine rings is 3. The Bertz CT molecular complexity index is 3550. The van der Waals surface area contributed by atoms with Crippen molar-refractivity contribution in [1.29, 1.82) is 10.5 Å². The number of hydrogen-bond acceptors (Lipinski definition) is 17. The van der Waals surface area contributed by atoms with Gasteiger partial charge in [0.05, 0.1) is 33.8 Å². The second-order valence-corrected chi connectivity index (χ2v) is 28.3. The monoisotopic (exact) mass is 1370 g/mol. The molecule has 0 saturated heterocycles. The maximum atomic E-state index is 11.9. The molecule has 6 aromatic rings. The molecule has 20 nitrogen and oxygen atoms in total. The van der Waals surface area contributed by atoms with E-state index in [0.29, 0.717) is 112 Å². The van der Waals surface area contributed by atoms with Crippen molar-refractivity contribution < 1.29 is 23.9 Å². The molecule has 23 heteroatoms. The predicted octanol–water partition coefficient (Wildman–Crippen LogP) is 15.5. The Morgan fingerprint density at radius 3 is 1.08 bits per heavy atom. The highest BCUT2D eigenvalue weighted by Crippen LogP contribution is 2.33. The Morgan fingerprint density at radius 2 is 0.771 bits per heavy atom. The average molecular weight is 1370 g/mol. The molecule has 0 spiro atoms. The number of benzene rings is 3. The Labute approximate surface area is 581 Å². The van der Waals surface area contributed by atoms with Crippen molar-refractivity contribution >= 4 is 87.4 Å². The zero-order chi connectivity index (χ0) is 69.0. The fourth-order valence-electron chi connectivity index (χ4n) is 11.7. The number of rotatable bonds is 24. The van der Waals surface area contributed by atoms with Crippen LogP contribution in [-0.4, -0.2) is 83.5 Å². The highest BCUT2D eigenvalue weighted by Gasteiger charge is 2.26. The largest absolute Gasteiger partial charge is 0.444 e. The molecule has 3 amide bonds. The number of nitrogens with zero attached hydrogens (tertiary/aromatic N) is 5. The van der Waals surface area contributed by atoms with Crippen LogP contribution >= 0.6 is 34.8 Å². The standard InChI is InChI=1S/C26H36ClN5O3.C26H34ClN5O2.C21H26ClN5/c1-26(2,3)35-25(34)32-14-18-10-8-17(9-11-18)13-29-22-12-23(31-16-20(22)24(28)33)30-15-19-6-4-5-7-21(19)27;1-26(2,3)34-25(33)32-15-19-10-8-18(9-11-19)14-29-23-12-24(31-17-21(23)13-28)30-16-20-6-4-5-7-22(20)27;22-19-4-2-1-3-17(19)13-26-21-9-20(18(11-24)14-27-21)25-12-16-7-5-15(10-23)6-8-16/h4-7,12,16-18H,8-11,13-15H2,1-3H3,(H2,28,33)(H,32,34)(H2,29,30,31);4-7,12,17-19H,8-11,14-16H2,1-3H3,(H,32,33)(H2,29,30,31);1-4,9,14-16H,5-8,10,12-13,23H2,(H2,25,26,27). The van der Waals surface area contributed by atoms with E-state index in [-0.39, 0.29) is 12.2 Å². The van der Waals surface area contributed by atoms with Crippen LogP contribution in [-0.2, 0) is 29.1 Å². The third-order valence-corrected chi connectivity index (χ3v) is 18.4. The number of nitrogens with two attached hydrogens (primary N) is 2. The van der Waals surface area contributed by atoms with Gasteiger partial charge >= 0.3 is 12.2 Å². The number of carbonyl (C=O) groups excluding carboxylic acids is 3. The first-order chi connectivity index (χ1) is 46.0. The van der Waals surface area contributed by atoms with Gasteiger partial charge in [-0.05, 0) is 196 Å². The number of alkyl carbamates (subject to hydrolysis) is 2. The molecule has 3 heterocycles. The maximum Gasteiger partial charge on any atom is 0.407 e. The van der Waals surface area contributed by atoms with Crippen LogP contribution in [0.2, 0.25) is 15.1 Å². The minimum atomic E-state index is -0.519. The highest BCUT2D eigenvalue weighted by atomic mass is 35.5. The molecule has 3 saturated carbocycles. The molecule has 12 N–H and O–H groups in total. The summed E-state index contributed by atoms with van der Waals surface area (Å²) in [5.74, 6) is 4.76. The quantitative estimate of drug-likeness (QED) is 0.0269. The summed E-state index contributed by atoms with van der Waals surface area (Å²) in [6.07, 6.45) is 17.2. The van der Waals surface area contributed by atoms with E-state index in [1.165, 1.54) is 31.9 Å². The maximum absolute atomic E-state index is 11.9. The van der Waals surface area contributed by atoms with Gasteiger partial charge in [0.15, 0.2) is 0 Å². The lowest BCUT2D eigenvalue weighted by atomic mass is 9.82. The zero-order valence-electron chi connectivity index (χ0n) is 56.3. The molecule has 9 rings (SSSR count). The van der Waals surface area contributed by atoms with Crippen molar-refractivity contribution in [3.05, 3.63) is 158 Å². The minimum absolute atomic E-state index is 0.350. The number of primary amides is 1. The van der Waals surface area contributed by atoms with Gasteiger partial charge in [0.1, 0.15) is 40.8 Å². The predicted molar refractivity (Wildman–Crippen MR) is 386 cm³/mol. The number of anilines is 6. The fraction of sp³-hybridized carbons (Fsp3) is 0.479. The molecule has 514 valence electrons. The van der Waals surface area contributed by atoms with Crippen LogP contribution in [0.15, 0.2) is 110 Å². The van der Waals surface area contributed by atoms with Crippen molar-refractivity contribution in [1.82, 2.24) is 25.6 Å². The first kappa shape index (κ1) is 75.1. The van der Waals surface area contributed by atoms with Crippen LogP contribution < -0.4 is 54.0 Å². The molecule has 3 fully saturated rings. The molecular weight excluding hydrogens is 1270 g/mol. The lowest BCUT2D eigenvalue weighted by molar-refractivity contribution is 0.0502. The summed E-state index contributed by atoms with van der Waals surface area (Å²) in [7, 11) is 0. The molecule has 3 aliphatic carbocycles. The van der Waals surface area contributed by atoms with Gasteiger partial charge in [0.2, 0.25) is 0 Å². The smallest absolute Gasteiger partial charge is 0.407 e. The summed E-state index contributed by atoms with van der Waals surface area (Å²) in [5.41, 5.74) is 17.1. The molecule has 0 radical (unpaired) electrons. The van der Waals surface area contributed by atoms with Crippen LogP contribution in [0, 0.1) is 58.2 Å². The number of amides is 3. The summed E-state index contributed by atoms with van der Waals surface area (Å²) in [6.45, 7) is 17.3. The molecule has 3 aliphatic rings. The van der Waals surface area contributed by atoms with Crippen molar-refractivity contribution in [3.8, 4) is 12.1 Å². The first-order valence-electron chi connectivity index (χ1n) is 33.4. The zero-order valence-corrected chi connectivity index (χ0v) is 58.5. The topological polar surface area (TPSA) is 304 Å². The van der Waals surface area contributed by atoms with E-state index in [0.717, 1.165) is 116 Å². The molecule has 3 aromatic carbocycles. The molecule has 0 aliphatic heterocycles. The van der Waals surface area contributed by atoms with Gasteiger partial charge in [-0.3, -0.25) is 4.79 Å². The Balaban J connectivity index is 0.000000205. The minimum Gasteiger partial charge on any atom is -0.444 e. The first-order valence-corrected chi connectivity index (χ1v) is 34.5. The van der Waals surface area contributed by atoms with Crippen molar-refractivity contribution in [2.75, 3.05) is 71.2 Å². The highest BCUT2D eigenvalue weighted by molar-refractivity contribution is 6.32. The summed E-state index contributed by atoms with van der Waals surface area (Å²) < 4.78 is 10.6. The number of ether oxygens (including phenoxy) is 2. The van der Waals surface area contributed by atoms with E-state index < -0.39 is 17.1 Å². The van der Waals surface area contributed by atoms with E-state index in [1.807, 2.05) is 133 Å². The number of aromatic nitrogens is 3. The molecule has 3 aromatic heterocycles. The second-order valence-electron chi connectivity index (χ2n) is 27.1. The molecular formula is C73H96Cl3N15O5. The summed E-state index contributed by atoms with van der Waals surface area (Å²) in [5, 5.41) is 46.9. The average Bonchev–Trinajstić information content (AvgIpc) is 0.903. The lowest BCUT2D eigenvalue weighted by Gasteiger charge is -2.29. The van der Waals surface area contributed by atoms with Crippen LogP contribution in [0.1, 0.15) is 157 Å². The summed E-state index contributed by atoms with van der Waals surface area (Å²) >= 11 is 18.7.